The number of ether oxygens (including phenoxy) is 1. The number of nitrogens with zero attached hydrogens (tertiary/aromatic N) is 1. The number of rotatable bonds is 8. The molecule has 1 aromatic rings. The predicted octanol–water partition coefficient (Wildman–Crippen LogP) is -0.0734. The van der Waals surface area contributed by atoms with E-state index in [1.165, 1.54) is 12.3 Å². The number of aromatic nitrogens is 1. The highest BCUT2D eigenvalue weighted by atomic mass is 16.5. The first-order valence-electron chi connectivity index (χ1n) is 6.03. The molecule has 1 heterocycles. The average molecular weight is 282 g/mol. The van der Waals surface area contributed by atoms with Crippen LogP contribution in [-0.4, -0.2) is 48.8 Å². The van der Waals surface area contributed by atoms with E-state index in [0.29, 0.717) is 25.5 Å². The van der Waals surface area contributed by atoms with Gasteiger partial charge in [-0.3, -0.25) is 4.79 Å². The van der Waals surface area contributed by atoms with E-state index in [0.717, 1.165) is 0 Å². The van der Waals surface area contributed by atoms with Crippen LogP contribution in [0.15, 0.2) is 12.3 Å². The second-order valence-corrected chi connectivity index (χ2v) is 3.99. The Kier molecular flexibility index (Phi) is 6.24. The van der Waals surface area contributed by atoms with Gasteiger partial charge in [0.2, 0.25) is 5.91 Å². The predicted molar refractivity (Wildman–Crippen MR) is 73.6 cm³/mol. The normalized spacial score (nSPS) is 10.1. The summed E-state index contributed by atoms with van der Waals surface area (Å²) in [5, 5.41) is 14.3. The van der Waals surface area contributed by atoms with Crippen LogP contribution in [0, 0.1) is 0 Å². The van der Waals surface area contributed by atoms with Gasteiger partial charge >= 0.3 is 5.97 Å². The van der Waals surface area contributed by atoms with E-state index in [9.17, 15) is 9.59 Å². The highest BCUT2D eigenvalue weighted by Gasteiger charge is 2.08. The van der Waals surface area contributed by atoms with Crippen molar-refractivity contribution in [3.8, 4) is 0 Å². The summed E-state index contributed by atoms with van der Waals surface area (Å²) < 4.78 is 4.81. The first-order chi connectivity index (χ1) is 9.54. The van der Waals surface area contributed by atoms with Crippen molar-refractivity contribution in [1.82, 2.24) is 10.3 Å². The minimum Gasteiger partial charge on any atom is -0.478 e. The van der Waals surface area contributed by atoms with Crippen molar-refractivity contribution in [2.75, 3.05) is 37.9 Å². The summed E-state index contributed by atoms with van der Waals surface area (Å²) in [4.78, 5) is 26.0. The summed E-state index contributed by atoms with van der Waals surface area (Å²) in [7, 11) is 1.56. The van der Waals surface area contributed by atoms with Crippen molar-refractivity contribution < 1.29 is 19.4 Å². The number of nitrogens with two attached hydrogens (primary N) is 1. The van der Waals surface area contributed by atoms with Gasteiger partial charge in [0.15, 0.2) is 0 Å². The summed E-state index contributed by atoms with van der Waals surface area (Å²) in [6, 6.07) is 1.32. The van der Waals surface area contributed by atoms with Crippen molar-refractivity contribution in [3.63, 3.8) is 0 Å². The maximum Gasteiger partial charge on any atom is 0.337 e. The van der Waals surface area contributed by atoms with E-state index in [1.807, 2.05) is 0 Å². The number of carbonyl (C=O) groups excluding carboxylic acids is 1. The molecule has 1 aromatic heterocycles. The Morgan fingerprint density at radius 3 is 2.80 bits per heavy atom. The van der Waals surface area contributed by atoms with Crippen LogP contribution in [0.5, 0.6) is 0 Å². The lowest BCUT2D eigenvalue weighted by Gasteiger charge is -2.09. The lowest BCUT2D eigenvalue weighted by molar-refractivity contribution is -0.121. The fourth-order valence-electron chi connectivity index (χ4n) is 1.42. The Balaban J connectivity index is 2.38. The van der Waals surface area contributed by atoms with Gasteiger partial charge in [0.1, 0.15) is 5.82 Å². The third kappa shape index (κ3) is 5.11. The first kappa shape index (κ1) is 15.7. The molecular formula is C12H18N4O4. The topological polar surface area (TPSA) is 127 Å². The lowest BCUT2D eigenvalue weighted by Crippen LogP contribution is -2.28. The first-order valence-corrected chi connectivity index (χ1v) is 6.03. The number of pyridine rings is 1. The van der Waals surface area contributed by atoms with Gasteiger partial charge in [0.25, 0.3) is 0 Å². The van der Waals surface area contributed by atoms with Gasteiger partial charge in [-0.05, 0) is 6.07 Å². The molecule has 8 heteroatoms. The van der Waals surface area contributed by atoms with Gasteiger partial charge in [-0.1, -0.05) is 0 Å². The minimum absolute atomic E-state index is 0.0189. The van der Waals surface area contributed by atoms with Crippen molar-refractivity contribution in [2.45, 2.75) is 6.42 Å². The molecule has 1 rings (SSSR count). The van der Waals surface area contributed by atoms with Gasteiger partial charge in [-0.2, -0.15) is 0 Å². The van der Waals surface area contributed by atoms with Crippen LogP contribution in [0.25, 0.3) is 0 Å². The van der Waals surface area contributed by atoms with Crippen molar-refractivity contribution in [1.29, 1.82) is 0 Å². The molecule has 0 aliphatic heterocycles. The summed E-state index contributed by atoms with van der Waals surface area (Å²) in [6.07, 6.45) is 1.46. The Morgan fingerprint density at radius 2 is 2.20 bits per heavy atom. The maximum atomic E-state index is 11.4. The van der Waals surface area contributed by atoms with Crippen molar-refractivity contribution >= 4 is 23.4 Å². The van der Waals surface area contributed by atoms with Crippen LogP contribution in [0.1, 0.15) is 16.8 Å². The Bertz CT molecular complexity index is 479. The zero-order valence-electron chi connectivity index (χ0n) is 11.2. The van der Waals surface area contributed by atoms with Gasteiger partial charge in [-0.15, -0.1) is 0 Å². The lowest BCUT2D eigenvalue weighted by atomic mass is 10.2. The molecule has 110 valence electrons. The monoisotopic (exact) mass is 282 g/mol. The van der Waals surface area contributed by atoms with Crippen LogP contribution in [0.2, 0.25) is 0 Å². The van der Waals surface area contributed by atoms with E-state index in [1.54, 1.807) is 7.11 Å². The molecule has 0 aliphatic carbocycles. The molecule has 0 fully saturated rings. The fraction of sp³-hybridized carbons (Fsp3) is 0.417. The number of carboxylic acid groups (broad SMARTS) is 1. The number of nitrogens with one attached hydrogen (secondary N) is 2. The van der Waals surface area contributed by atoms with Gasteiger partial charge in [0.05, 0.1) is 17.9 Å². The number of methoxy groups -OCH3 is 1. The number of carbonyl (C=O) groups is 2. The number of aromatic carboxylic acids is 1. The smallest absolute Gasteiger partial charge is 0.337 e. The largest absolute Gasteiger partial charge is 0.478 e. The molecule has 0 bridgehead atoms. The van der Waals surface area contributed by atoms with E-state index in [2.05, 4.69) is 15.6 Å². The van der Waals surface area contributed by atoms with Crippen LogP contribution >= 0.6 is 0 Å². The molecular weight excluding hydrogens is 264 g/mol. The average Bonchev–Trinajstić information content (AvgIpc) is 2.40. The van der Waals surface area contributed by atoms with Crippen LogP contribution in [0.3, 0.4) is 0 Å². The summed E-state index contributed by atoms with van der Waals surface area (Å²) in [5.41, 5.74) is 5.91. The molecule has 1 amide bonds. The van der Waals surface area contributed by atoms with Crippen LogP contribution < -0.4 is 16.4 Å². The zero-order chi connectivity index (χ0) is 15.0. The number of carboxylic acids is 1. The zero-order valence-corrected chi connectivity index (χ0v) is 11.2. The molecule has 0 spiro atoms. The van der Waals surface area contributed by atoms with Gasteiger partial charge in [0, 0.05) is 32.8 Å². The number of hydrogen-bond donors (Lipinski definition) is 4. The molecule has 0 aliphatic rings. The number of hydrogen-bond acceptors (Lipinski definition) is 6. The maximum absolute atomic E-state index is 11.4. The van der Waals surface area contributed by atoms with E-state index >= 15 is 0 Å². The third-order valence-electron chi connectivity index (χ3n) is 2.44. The summed E-state index contributed by atoms with van der Waals surface area (Å²) in [6.45, 7) is 1.27. The molecule has 0 saturated carbocycles. The molecule has 0 saturated heterocycles. The number of amides is 1. The van der Waals surface area contributed by atoms with E-state index in [-0.39, 0.29) is 23.6 Å². The molecule has 0 radical (unpaired) electrons. The Hall–Kier alpha value is -2.35. The van der Waals surface area contributed by atoms with Crippen molar-refractivity contribution in [2.24, 2.45) is 0 Å². The standard InChI is InChI=1S/C12H18N4O4/c1-20-5-4-14-10(17)2-3-15-11-9(13)6-8(7-16-11)12(18)19/h6-7H,2-5,13H2,1H3,(H,14,17)(H,15,16)(H,18,19). The van der Waals surface area contributed by atoms with E-state index < -0.39 is 5.97 Å². The molecule has 20 heavy (non-hydrogen) atoms. The van der Waals surface area contributed by atoms with Gasteiger partial charge in [-0.25, -0.2) is 9.78 Å². The summed E-state index contributed by atoms with van der Waals surface area (Å²) in [5.74, 6) is -0.844. The highest BCUT2D eigenvalue weighted by molar-refractivity contribution is 5.89. The quantitative estimate of drug-likeness (QED) is 0.491. The highest BCUT2D eigenvalue weighted by Crippen LogP contribution is 2.16. The molecule has 8 nitrogen and oxygen atoms in total. The van der Waals surface area contributed by atoms with Crippen LogP contribution in [0.4, 0.5) is 11.5 Å². The number of anilines is 2. The molecule has 0 aromatic carbocycles. The Morgan fingerprint density at radius 1 is 1.45 bits per heavy atom. The SMILES string of the molecule is COCCNC(=O)CCNc1ncc(C(=O)O)cc1N. The van der Waals surface area contributed by atoms with Gasteiger partial charge < -0.3 is 26.2 Å². The molecule has 0 atom stereocenters. The van der Waals surface area contributed by atoms with Crippen LogP contribution in [-0.2, 0) is 9.53 Å². The molecule has 0 unspecified atom stereocenters. The third-order valence-corrected chi connectivity index (χ3v) is 2.44. The van der Waals surface area contributed by atoms with E-state index in [4.69, 9.17) is 15.6 Å². The second-order valence-electron chi connectivity index (χ2n) is 3.99. The fourth-order valence-corrected chi connectivity index (χ4v) is 1.42. The second kappa shape index (κ2) is 7.95. The number of nitrogen functional groups attached to an aromatic ring is 1. The summed E-state index contributed by atoms with van der Waals surface area (Å²) >= 11 is 0. The van der Waals surface area contributed by atoms with Crippen molar-refractivity contribution in [3.05, 3.63) is 17.8 Å². The minimum atomic E-state index is -1.09. The molecule has 5 N–H and O–H groups in total. The Labute approximate surface area is 116 Å².